The quantitative estimate of drug-likeness (QED) is 0.426. The Morgan fingerprint density at radius 3 is 2.13 bits per heavy atom. The van der Waals surface area contributed by atoms with Gasteiger partial charge >= 0.3 is 0 Å². The largest absolute Gasteiger partial charge is 0.303 e. The van der Waals surface area contributed by atoms with Gasteiger partial charge in [-0.2, -0.15) is 0 Å². The molecule has 0 radical (unpaired) electrons. The van der Waals surface area contributed by atoms with Gasteiger partial charge in [0.25, 0.3) is 0 Å². The van der Waals surface area contributed by atoms with Crippen molar-refractivity contribution < 1.29 is 19.2 Å². The zero-order valence-electron chi connectivity index (χ0n) is 8.95. The Labute approximate surface area is 89.0 Å². The normalized spacial score (nSPS) is 9.67. The van der Waals surface area contributed by atoms with Crippen molar-refractivity contribution in [3.63, 3.8) is 0 Å². The zero-order valence-corrected chi connectivity index (χ0v) is 8.95. The van der Waals surface area contributed by atoms with Gasteiger partial charge in [-0.3, -0.25) is 14.4 Å². The van der Waals surface area contributed by atoms with Gasteiger partial charge in [0.1, 0.15) is 23.6 Å². The van der Waals surface area contributed by atoms with Crippen LogP contribution in [0.4, 0.5) is 0 Å². The zero-order chi connectivity index (χ0) is 11.7. The molecule has 0 aromatic rings. The molecule has 0 aliphatic heterocycles. The van der Waals surface area contributed by atoms with Crippen LogP contribution in [0.5, 0.6) is 0 Å². The first-order chi connectivity index (χ1) is 7.10. The second kappa shape index (κ2) is 8.03. The molecule has 15 heavy (non-hydrogen) atoms. The number of carbonyl (C=O) groups excluding carboxylic acids is 4. The minimum absolute atomic E-state index is 0.0294. The minimum atomic E-state index is -0.153. The van der Waals surface area contributed by atoms with E-state index in [-0.39, 0.29) is 43.0 Å². The lowest BCUT2D eigenvalue weighted by atomic mass is 10.1. The van der Waals surface area contributed by atoms with Crippen LogP contribution in [0, 0.1) is 0 Å². The van der Waals surface area contributed by atoms with Crippen LogP contribution in [0.3, 0.4) is 0 Å². The second-order valence-electron chi connectivity index (χ2n) is 3.37. The molecule has 0 aromatic carbocycles. The van der Waals surface area contributed by atoms with E-state index in [2.05, 4.69) is 0 Å². The molecule has 0 N–H and O–H groups in total. The van der Waals surface area contributed by atoms with Gasteiger partial charge in [0.2, 0.25) is 0 Å². The van der Waals surface area contributed by atoms with Crippen molar-refractivity contribution in [2.45, 2.75) is 45.4 Å². The maximum absolute atomic E-state index is 11.2. The van der Waals surface area contributed by atoms with Crippen molar-refractivity contribution in [1.29, 1.82) is 0 Å². The minimum Gasteiger partial charge on any atom is -0.303 e. The average molecular weight is 212 g/mol. The predicted octanol–water partition coefficient (Wildman–Crippen LogP) is 1.25. The molecule has 0 saturated heterocycles. The summed E-state index contributed by atoms with van der Waals surface area (Å²) in [7, 11) is 0. The molecule has 0 saturated carbocycles. The van der Waals surface area contributed by atoms with Crippen molar-refractivity contribution in [3.8, 4) is 0 Å². The second-order valence-corrected chi connectivity index (χ2v) is 3.37. The summed E-state index contributed by atoms with van der Waals surface area (Å²) < 4.78 is 0. The first kappa shape index (κ1) is 13.7. The fourth-order valence-electron chi connectivity index (χ4n) is 1.11. The van der Waals surface area contributed by atoms with Gasteiger partial charge in [0.15, 0.2) is 0 Å². The Balaban J connectivity index is 3.59. The molecule has 0 atom stereocenters. The predicted molar refractivity (Wildman–Crippen MR) is 54.5 cm³/mol. The van der Waals surface area contributed by atoms with E-state index in [1.54, 1.807) is 6.92 Å². The van der Waals surface area contributed by atoms with E-state index < -0.39 is 0 Å². The summed E-state index contributed by atoms with van der Waals surface area (Å²) in [6.45, 7) is 1.71. The van der Waals surface area contributed by atoms with E-state index in [4.69, 9.17) is 0 Å². The Kier molecular flexibility index (Phi) is 7.32. The number of aldehydes is 1. The van der Waals surface area contributed by atoms with E-state index in [9.17, 15) is 19.2 Å². The molecular weight excluding hydrogens is 196 g/mol. The number of hydrogen-bond donors (Lipinski definition) is 0. The lowest BCUT2D eigenvalue weighted by molar-refractivity contribution is -0.126. The molecule has 84 valence electrons. The van der Waals surface area contributed by atoms with Crippen LogP contribution >= 0.6 is 0 Å². The fourth-order valence-corrected chi connectivity index (χ4v) is 1.11. The summed E-state index contributed by atoms with van der Waals surface area (Å²) in [5, 5.41) is 0. The lowest BCUT2D eigenvalue weighted by Crippen LogP contribution is -2.07. The third-order valence-corrected chi connectivity index (χ3v) is 2.01. The van der Waals surface area contributed by atoms with Crippen molar-refractivity contribution in [2.24, 2.45) is 0 Å². The van der Waals surface area contributed by atoms with E-state index in [0.717, 1.165) is 0 Å². The molecule has 0 aromatic heterocycles. The third-order valence-electron chi connectivity index (χ3n) is 2.01. The number of Topliss-reactive ketones (excluding diaryl/α,β-unsaturated/α-hetero) is 3. The van der Waals surface area contributed by atoms with E-state index in [1.807, 2.05) is 0 Å². The summed E-state index contributed by atoms with van der Waals surface area (Å²) in [4.78, 5) is 42.9. The Morgan fingerprint density at radius 1 is 1.00 bits per heavy atom. The number of ketones is 3. The molecule has 0 unspecified atom stereocenters. The van der Waals surface area contributed by atoms with E-state index >= 15 is 0 Å². The molecule has 0 rings (SSSR count). The van der Waals surface area contributed by atoms with Gasteiger partial charge in [0.05, 0.1) is 12.8 Å². The van der Waals surface area contributed by atoms with Gasteiger partial charge in [-0.15, -0.1) is 0 Å². The van der Waals surface area contributed by atoms with E-state index in [0.29, 0.717) is 19.1 Å². The molecule has 0 aliphatic rings. The van der Waals surface area contributed by atoms with Crippen LogP contribution < -0.4 is 0 Å². The molecule has 0 bridgehead atoms. The Hall–Kier alpha value is -1.32. The molecule has 4 nitrogen and oxygen atoms in total. The van der Waals surface area contributed by atoms with Gasteiger partial charge in [0, 0.05) is 19.3 Å². The third kappa shape index (κ3) is 7.73. The Bertz CT molecular complexity index is 255. The highest BCUT2D eigenvalue weighted by molar-refractivity contribution is 5.99. The molecule has 0 spiro atoms. The average Bonchev–Trinajstić information content (AvgIpc) is 2.18. The molecule has 0 aliphatic carbocycles. The van der Waals surface area contributed by atoms with Crippen LogP contribution in [0.2, 0.25) is 0 Å². The van der Waals surface area contributed by atoms with Crippen molar-refractivity contribution >= 4 is 23.6 Å². The van der Waals surface area contributed by atoms with Gasteiger partial charge in [-0.1, -0.05) is 6.92 Å². The van der Waals surface area contributed by atoms with Gasteiger partial charge in [-0.05, 0) is 6.42 Å². The first-order valence-corrected chi connectivity index (χ1v) is 5.08. The molecule has 0 fully saturated rings. The standard InChI is InChI=1S/C11H16O4/c1-2-9(13)8-11(15)5-3-4-10(14)6-7-12/h7H,2-6,8H2,1H3. The molecule has 4 heteroatoms. The van der Waals surface area contributed by atoms with Gasteiger partial charge in [-0.25, -0.2) is 0 Å². The van der Waals surface area contributed by atoms with Crippen LogP contribution in [0.25, 0.3) is 0 Å². The topological polar surface area (TPSA) is 68.3 Å². The lowest BCUT2D eigenvalue weighted by Gasteiger charge is -1.98. The highest BCUT2D eigenvalue weighted by Gasteiger charge is 2.08. The van der Waals surface area contributed by atoms with Gasteiger partial charge < -0.3 is 4.79 Å². The monoisotopic (exact) mass is 212 g/mol. The summed E-state index contributed by atoms with van der Waals surface area (Å²) >= 11 is 0. The van der Waals surface area contributed by atoms with Crippen molar-refractivity contribution in [1.82, 2.24) is 0 Å². The Morgan fingerprint density at radius 2 is 1.60 bits per heavy atom. The van der Waals surface area contributed by atoms with Crippen molar-refractivity contribution in [3.05, 3.63) is 0 Å². The first-order valence-electron chi connectivity index (χ1n) is 5.08. The number of rotatable bonds is 9. The smallest absolute Gasteiger partial charge is 0.140 e. The summed E-state index contributed by atoms with van der Waals surface area (Å²) in [6.07, 6.45) is 1.74. The number of carbonyl (C=O) groups is 4. The fraction of sp³-hybridized carbons (Fsp3) is 0.636. The molecule has 0 amide bonds. The highest BCUT2D eigenvalue weighted by atomic mass is 16.2. The van der Waals surface area contributed by atoms with Crippen LogP contribution in [0.15, 0.2) is 0 Å². The van der Waals surface area contributed by atoms with E-state index in [1.165, 1.54) is 0 Å². The number of hydrogen-bond acceptors (Lipinski definition) is 4. The highest BCUT2D eigenvalue weighted by Crippen LogP contribution is 2.02. The summed E-state index contributed by atoms with van der Waals surface area (Å²) in [6, 6.07) is 0. The maximum atomic E-state index is 11.2. The van der Waals surface area contributed by atoms with Crippen LogP contribution in [-0.2, 0) is 19.2 Å². The van der Waals surface area contributed by atoms with Crippen LogP contribution in [0.1, 0.15) is 45.4 Å². The summed E-state index contributed by atoms with van der Waals surface area (Å²) in [5.41, 5.74) is 0. The molecular formula is C11H16O4. The maximum Gasteiger partial charge on any atom is 0.140 e. The molecule has 0 heterocycles. The van der Waals surface area contributed by atoms with Crippen LogP contribution in [-0.4, -0.2) is 23.6 Å². The van der Waals surface area contributed by atoms with Crippen molar-refractivity contribution in [2.75, 3.05) is 0 Å². The summed E-state index contributed by atoms with van der Waals surface area (Å²) in [5.74, 6) is -0.348. The SMILES string of the molecule is CCC(=O)CC(=O)CCCC(=O)CC=O.